The number of carbonyl (C=O) groups is 1. The van der Waals surface area contributed by atoms with Gasteiger partial charge in [-0.1, -0.05) is 0 Å². The van der Waals surface area contributed by atoms with Crippen molar-refractivity contribution in [3.05, 3.63) is 11.3 Å². The summed E-state index contributed by atoms with van der Waals surface area (Å²) in [6.45, 7) is 4.43. The summed E-state index contributed by atoms with van der Waals surface area (Å²) < 4.78 is 0. The number of hydrogen-bond acceptors (Lipinski definition) is 4. The van der Waals surface area contributed by atoms with Crippen molar-refractivity contribution in [1.82, 2.24) is 4.90 Å². The van der Waals surface area contributed by atoms with Crippen LogP contribution in [0.5, 0.6) is 0 Å². The van der Waals surface area contributed by atoms with Crippen molar-refractivity contribution in [2.75, 3.05) is 20.1 Å². The zero-order chi connectivity index (χ0) is 10.0. The zero-order valence-corrected chi connectivity index (χ0v) is 8.16. The smallest absolute Gasteiger partial charge is 0.166 e. The molecule has 4 nitrogen and oxygen atoms in total. The van der Waals surface area contributed by atoms with E-state index in [0.717, 1.165) is 6.54 Å². The van der Waals surface area contributed by atoms with E-state index in [4.69, 9.17) is 0 Å². The lowest BCUT2D eigenvalue weighted by molar-refractivity contribution is -0.113. The van der Waals surface area contributed by atoms with Crippen LogP contribution >= 0.6 is 0 Å². The molecule has 0 aromatic rings. The lowest BCUT2D eigenvalue weighted by Crippen LogP contribution is -2.27. The van der Waals surface area contributed by atoms with Gasteiger partial charge in [-0.15, -0.1) is 0 Å². The second-order valence-corrected chi connectivity index (χ2v) is 3.14. The number of amidine groups is 1. The average molecular weight is 182 g/mol. The quantitative estimate of drug-likeness (QED) is 0.506. The molecule has 0 fully saturated rings. The minimum atomic E-state index is -0.146. The Labute approximate surface area is 77.6 Å². The average Bonchev–Trinajstić information content (AvgIpc) is 2.35. The first-order chi connectivity index (χ1) is 6.04. The number of aliphatic hydroxyl groups is 1. The molecule has 0 aliphatic carbocycles. The number of allylic oxidation sites excluding steroid dienone is 1. The van der Waals surface area contributed by atoms with Crippen LogP contribution in [0.4, 0.5) is 0 Å². The minimum Gasteiger partial charge on any atom is -0.512 e. The van der Waals surface area contributed by atoms with Crippen molar-refractivity contribution in [2.24, 2.45) is 4.99 Å². The Hall–Kier alpha value is -1.32. The highest BCUT2D eigenvalue weighted by molar-refractivity contribution is 6.21. The summed E-state index contributed by atoms with van der Waals surface area (Å²) in [6, 6.07) is 0. The number of Topliss-reactive ketones (excluding diaryl/α,β-unsaturated/α-hetero) is 1. The van der Waals surface area contributed by atoms with Gasteiger partial charge in [-0.2, -0.15) is 0 Å². The Bertz CT molecular complexity index is 288. The first kappa shape index (κ1) is 9.77. The maximum atomic E-state index is 11.2. The van der Waals surface area contributed by atoms with Gasteiger partial charge in [-0.3, -0.25) is 9.79 Å². The van der Waals surface area contributed by atoms with E-state index in [1.165, 1.54) is 13.8 Å². The molecule has 0 aromatic carbocycles. The predicted molar refractivity (Wildman–Crippen MR) is 50.9 cm³/mol. The number of rotatable bonds is 2. The summed E-state index contributed by atoms with van der Waals surface area (Å²) in [4.78, 5) is 17.2. The lowest BCUT2D eigenvalue weighted by atomic mass is 10.1. The molecule has 0 aromatic heterocycles. The summed E-state index contributed by atoms with van der Waals surface area (Å²) in [6.07, 6.45) is 0. The molecular formula is C9H14N2O2. The van der Waals surface area contributed by atoms with Crippen molar-refractivity contribution in [1.29, 1.82) is 0 Å². The van der Waals surface area contributed by atoms with Crippen molar-refractivity contribution < 1.29 is 9.90 Å². The van der Waals surface area contributed by atoms with Gasteiger partial charge in [0.15, 0.2) is 5.78 Å². The largest absolute Gasteiger partial charge is 0.512 e. The summed E-state index contributed by atoms with van der Waals surface area (Å²) in [7, 11) is 1.86. The van der Waals surface area contributed by atoms with E-state index in [1.807, 2.05) is 11.9 Å². The molecule has 1 aliphatic rings. The highest BCUT2D eigenvalue weighted by Crippen LogP contribution is 2.12. The third-order valence-corrected chi connectivity index (χ3v) is 2.00. The number of aliphatic imine (C=N–C) groups is 1. The van der Waals surface area contributed by atoms with E-state index in [9.17, 15) is 9.90 Å². The van der Waals surface area contributed by atoms with Gasteiger partial charge in [0.25, 0.3) is 0 Å². The third kappa shape index (κ3) is 1.88. The van der Waals surface area contributed by atoms with Crippen LogP contribution in [-0.2, 0) is 4.79 Å². The fourth-order valence-electron chi connectivity index (χ4n) is 1.38. The van der Waals surface area contributed by atoms with Crippen LogP contribution in [0, 0.1) is 0 Å². The van der Waals surface area contributed by atoms with E-state index >= 15 is 0 Å². The molecule has 1 N–H and O–H groups in total. The summed E-state index contributed by atoms with van der Waals surface area (Å²) >= 11 is 0. The van der Waals surface area contributed by atoms with Crippen molar-refractivity contribution in [3.63, 3.8) is 0 Å². The Kier molecular flexibility index (Phi) is 2.70. The molecule has 0 unspecified atom stereocenters. The molecule has 0 atom stereocenters. The molecule has 1 aliphatic heterocycles. The van der Waals surface area contributed by atoms with Crippen molar-refractivity contribution in [2.45, 2.75) is 13.8 Å². The number of ketones is 1. The van der Waals surface area contributed by atoms with Crippen LogP contribution in [0.15, 0.2) is 16.3 Å². The van der Waals surface area contributed by atoms with Crippen LogP contribution in [0.25, 0.3) is 0 Å². The zero-order valence-electron chi connectivity index (χ0n) is 8.16. The molecule has 0 bridgehead atoms. The van der Waals surface area contributed by atoms with Gasteiger partial charge in [-0.25, -0.2) is 0 Å². The molecule has 1 rings (SSSR count). The number of carbonyl (C=O) groups excluding carboxylic acids is 1. The van der Waals surface area contributed by atoms with Crippen LogP contribution in [0.3, 0.4) is 0 Å². The Balaban J connectivity index is 3.03. The monoisotopic (exact) mass is 182 g/mol. The van der Waals surface area contributed by atoms with Crippen LogP contribution in [0.2, 0.25) is 0 Å². The fraction of sp³-hybridized carbons (Fsp3) is 0.556. The lowest BCUT2D eigenvalue weighted by Gasteiger charge is -2.15. The molecule has 0 radical (unpaired) electrons. The topological polar surface area (TPSA) is 52.9 Å². The van der Waals surface area contributed by atoms with Gasteiger partial charge in [0, 0.05) is 13.6 Å². The van der Waals surface area contributed by atoms with Gasteiger partial charge < -0.3 is 10.0 Å². The fourth-order valence-corrected chi connectivity index (χ4v) is 1.38. The minimum absolute atomic E-state index is 0.0417. The summed E-state index contributed by atoms with van der Waals surface area (Å²) in [5.74, 6) is 0.500. The first-order valence-corrected chi connectivity index (χ1v) is 4.20. The van der Waals surface area contributed by atoms with Gasteiger partial charge in [0.05, 0.1) is 12.1 Å². The highest BCUT2D eigenvalue weighted by atomic mass is 16.3. The van der Waals surface area contributed by atoms with Gasteiger partial charge >= 0.3 is 0 Å². The second kappa shape index (κ2) is 3.60. The van der Waals surface area contributed by atoms with E-state index in [1.54, 1.807) is 0 Å². The van der Waals surface area contributed by atoms with E-state index in [0.29, 0.717) is 18.0 Å². The van der Waals surface area contributed by atoms with E-state index in [2.05, 4.69) is 4.99 Å². The van der Waals surface area contributed by atoms with Gasteiger partial charge in [0.1, 0.15) is 11.6 Å². The molecule has 72 valence electrons. The van der Waals surface area contributed by atoms with Crippen LogP contribution in [-0.4, -0.2) is 41.8 Å². The van der Waals surface area contributed by atoms with E-state index in [-0.39, 0.29) is 11.5 Å². The Morgan fingerprint density at radius 3 is 2.46 bits per heavy atom. The molecular weight excluding hydrogens is 168 g/mol. The predicted octanol–water partition coefficient (Wildman–Crippen LogP) is 0.751. The van der Waals surface area contributed by atoms with E-state index < -0.39 is 0 Å². The van der Waals surface area contributed by atoms with Crippen LogP contribution in [0.1, 0.15) is 13.8 Å². The third-order valence-electron chi connectivity index (χ3n) is 2.00. The molecule has 13 heavy (non-hydrogen) atoms. The molecule has 1 heterocycles. The maximum Gasteiger partial charge on any atom is 0.166 e. The molecule has 0 saturated heterocycles. The number of likely N-dealkylation sites (N-methyl/N-ethyl adjacent to an activating group) is 1. The summed E-state index contributed by atoms with van der Waals surface area (Å²) in [5, 5.41) is 9.31. The maximum absolute atomic E-state index is 11.2. The second-order valence-electron chi connectivity index (χ2n) is 3.14. The molecule has 0 spiro atoms. The molecule has 4 heteroatoms. The Morgan fingerprint density at radius 1 is 1.54 bits per heavy atom. The standard InChI is InChI=1S/C9H14N2O2/c1-6(12)8(7(2)13)9-10-4-5-11(9)3/h12H,4-5H2,1-3H3/b8-6+. The summed E-state index contributed by atoms with van der Waals surface area (Å²) in [5.41, 5.74) is 0.333. The number of hydrogen-bond donors (Lipinski definition) is 1. The molecule has 0 saturated carbocycles. The normalized spacial score (nSPS) is 18.4. The number of nitrogens with zero attached hydrogens (tertiary/aromatic N) is 2. The SMILES string of the molecule is CC(=O)/C(C1=NCCN1C)=C(/C)O. The van der Waals surface area contributed by atoms with Crippen molar-refractivity contribution >= 4 is 11.6 Å². The Morgan fingerprint density at radius 2 is 2.15 bits per heavy atom. The first-order valence-electron chi connectivity index (χ1n) is 4.20. The van der Waals surface area contributed by atoms with Gasteiger partial charge in [0.2, 0.25) is 0 Å². The van der Waals surface area contributed by atoms with Gasteiger partial charge in [-0.05, 0) is 13.8 Å². The van der Waals surface area contributed by atoms with Crippen LogP contribution < -0.4 is 0 Å². The van der Waals surface area contributed by atoms with Crippen molar-refractivity contribution in [3.8, 4) is 0 Å². The number of aliphatic hydroxyl groups excluding tert-OH is 1. The molecule has 0 amide bonds. The highest BCUT2D eigenvalue weighted by Gasteiger charge is 2.22.